The second kappa shape index (κ2) is 16.4. The highest BCUT2D eigenvalue weighted by molar-refractivity contribution is 5.87. The standard InChI is InChI=1S/C6H8O2.2C5H8O2/c1-3-5-8-6(7)4-2;2*1-4(2)5(6)7-3/h3-4H,1-2,5H2;2*1H2,2-3H3. The Kier molecular flexibility index (Phi) is 18.2. The molecule has 0 fully saturated rings. The minimum atomic E-state index is -0.412. The van der Waals surface area contributed by atoms with E-state index in [1.807, 2.05) is 0 Å². The predicted molar refractivity (Wildman–Crippen MR) is 85.0 cm³/mol. The van der Waals surface area contributed by atoms with Crippen molar-refractivity contribution in [3.63, 3.8) is 0 Å². The molecule has 0 amide bonds. The largest absolute Gasteiger partial charge is 0.466 e. The zero-order chi connectivity index (χ0) is 18.1. The van der Waals surface area contributed by atoms with E-state index in [0.717, 1.165) is 6.08 Å². The van der Waals surface area contributed by atoms with E-state index in [1.165, 1.54) is 20.3 Å². The molecular weight excluding hydrogens is 288 g/mol. The van der Waals surface area contributed by atoms with E-state index >= 15 is 0 Å². The van der Waals surface area contributed by atoms with Crippen molar-refractivity contribution in [2.75, 3.05) is 20.8 Å². The third-order valence-corrected chi connectivity index (χ3v) is 1.58. The van der Waals surface area contributed by atoms with Crippen LogP contribution in [-0.4, -0.2) is 38.7 Å². The molecule has 0 saturated carbocycles. The van der Waals surface area contributed by atoms with Crippen molar-refractivity contribution in [2.45, 2.75) is 13.8 Å². The van der Waals surface area contributed by atoms with E-state index < -0.39 is 5.97 Å². The van der Waals surface area contributed by atoms with Gasteiger partial charge in [0.25, 0.3) is 0 Å². The quantitative estimate of drug-likeness (QED) is 0.336. The van der Waals surface area contributed by atoms with Crippen molar-refractivity contribution in [3.05, 3.63) is 49.6 Å². The summed E-state index contributed by atoms with van der Waals surface area (Å²) in [6.45, 7) is 16.7. The number of carbonyl (C=O) groups excluding carboxylic acids is 3. The number of hydrogen-bond donors (Lipinski definition) is 0. The molecule has 0 heterocycles. The monoisotopic (exact) mass is 312 g/mol. The van der Waals surface area contributed by atoms with Crippen LogP contribution >= 0.6 is 0 Å². The summed E-state index contributed by atoms with van der Waals surface area (Å²) in [5.41, 5.74) is 0.866. The molecule has 0 aliphatic rings. The van der Waals surface area contributed by atoms with Crippen molar-refractivity contribution >= 4 is 17.9 Å². The summed E-state index contributed by atoms with van der Waals surface area (Å²) in [6, 6.07) is 0. The van der Waals surface area contributed by atoms with Crippen LogP contribution in [0.15, 0.2) is 49.6 Å². The van der Waals surface area contributed by atoms with Crippen molar-refractivity contribution in [2.24, 2.45) is 0 Å². The first-order valence-corrected chi connectivity index (χ1v) is 6.05. The lowest BCUT2D eigenvalue weighted by atomic mass is 10.4. The summed E-state index contributed by atoms with van der Waals surface area (Å²) < 4.78 is 13.0. The van der Waals surface area contributed by atoms with Crippen LogP contribution in [0.5, 0.6) is 0 Å². The summed E-state index contributed by atoms with van der Waals surface area (Å²) in [5, 5.41) is 0. The smallest absolute Gasteiger partial charge is 0.332 e. The molecule has 0 aliphatic heterocycles. The Morgan fingerprint density at radius 2 is 1.27 bits per heavy atom. The number of ether oxygens (including phenoxy) is 3. The first-order valence-electron chi connectivity index (χ1n) is 6.05. The maximum atomic E-state index is 10.2. The number of carbonyl (C=O) groups is 3. The molecule has 0 aliphatic carbocycles. The van der Waals surface area contributed by atoms with Gasteiger partial charge in [-0.3, -0.25) is 0 Å². The second-order valence-electron chi connectivity index (χ2n) is 3.67. The summed E-state index contributed by atoms with van der Waals surface area (Å²) in [5.74, 6) is -1.11. The molecule has 0 radical (unpaired) electrons. The highest BCUT2D eigenvalue weighted by Gasteiger charge is 1.96. The van der Waals surface area contributed by atoms with Crippen molar-refractivity contribution in [1.29, 1.82) is 0 Å². The van der Waals surface area contributed by atoms with Gasteiger partial charge in [0, 0.05) is 17.2 Å². The van der Waals surface area contributed by atoms with E-state index in [0.29, 0.717) is 11.1 Å². The van der Waals surface area contributed by atoms with E-state index in [1.54, 1.807) is 13.8 Å². The van der Waals surface area contributed by atoms with Crippen LogP contribution in [0, 0.1) is 0 Å². The van der Waals surface area contributed by atoms with Crippen molar-refractivity contribution in [3.8, 4) is 0 Å². The van der Waals surface area contributed by atoms with Gasteiger partial charge < -0.3 is 14.2 Å². The molecule has 0 bridgehead atoms. The molecule has 0 spiro atoms. The molecule has 0 aromatic heterocycles. The van der Waals surface area contributed by atoms with Gasteiger partial charge in [0.05, 0.1) is 14.2 Å². The zero-order valence-corrected chi connectivity index (χ0v) is 13.6. The number of esters is 3. The molecular formula is C16H24O6. The molecule has 0 aromatic rings. The van der Waals surface area contributed by atoms with Gasteiger partial charge in [0.15, 0.2) is 0 Å². The van der Waals surface area contributed by atoms with Crippen LogP contribution in [0.4, 0.5) is 0 Å². The Balaban J connectivity index is -0.000000247. The lowest BCUT2D eigenvalue weighted by Gasteiger charge is -1.92. The van der Waals surface area contributed by atoms with Gasteiger partial charge >= 0.3 is 17.9 Å². The Morgan fingerprint density at radius 1 is 0.909 bits per heavy atom. The fourth-order valence-corrected chi connectivity index (χ4v) is 0.548. The molecule has 0 atom stereocenters. The van der Waals surface area contributed by atoms with Crippen LogP contribution in [0.1, 0.15) is 13.8 Å². The van der Waals surface area contributed by atoms with Gasteiger partial charge in [-0.1, -0.05) is 32.4 Å². The van der Waals surface area contributed by atoms with Crippen molar-refractivity contribution < 1.29 is 28.6 Å². The number of methoxy groups -OCH3 is 2. The number of rotatable bonds is 5. The Labute approximate surface area is 131 Å². The molecule has 0 aromatic carbocycles. The Morgan fingerprint density at radius 3 is 1.41 bits per heavy atom. The van der Waals surface area contributed by atoms with Crippen LogP contribution < -0.4 is 0 Å². The SMILES string of the molecule is C=C(C)C(=O)OC.C=C(C)C(=O)OC.C=CCOC(=O)C=C. The van der Waals surface area contributed by atoms with Crippen LogP contribution in [-0.2, 0) is 28.6 Å². The normalized spacial score (nSPS) is 7.64. The van der Waals surface area contributed by atoms with Gasteiger partial charge in [-0.05, 0) is 13.8 Å². The van der Waals surface area contributed by atoms with E-state index in [-0.39, 0.29) is 18.5 Å². The fourth-order valence-electron chi connectivity index (χ4n) is 0.548. The highest BCUT2D eigenvalue weighted by atomic mass is 16.5. The van der Waals surface area contributed by atoms with Gasteiger partial charge in [0.2, 0.25) is 0 Å². The van der Waals surface area contributed by atoms with Gasteiger partial charge in [-0.2, -0.15) is 0 Å². The zero-order valence-electron chi connectivity index (χ0n) is 13.6. The fraction of sp³-hybridized carbons (Fsp3) is 0.312. The topological polar surface area (TPSA) is 78.9 Å². The van der Waals surface area contributed by atoms with Gasteiger partial charge in [-0.15, -0.1) is 0 Å². The number of hydrogen-bond acceptors (Lipinski definition) is 6. The lowest BCUT2D eigenvalue weighted by Crippen LogP contribution is -1.98. The van der Waals surface area contributed by atoms with Crippen LogP contribution in [0.25, 0.3) is 0 Å². The maximum absolute atomic E-state index is 10.2. The minimum absolute atomic E-state index is 0.255. The van der Waals surface area contributed by atoms with Crippen molar-refractivity contribution in [1.82, 2.24) is 0 Å². The third-order valence-electron chi connectivity index (χ3n) is 1.58. The first-order chi connectivity index (χ1) is 10.2. The van der Waals surface area contributed by atoms with Gasteiger partial charge in [0.1, 0.15) is 6.61 Å². The first kappa shape index (κ1) is 24.4. The third kappa shape index (κ3) is 19.7. The highest BCUT2D eigenvalue weighted by Crippen LogP contribution is 1.87. The van der Waals surface area contributed by atoms with E-state index in [9.17, 15) is 14.4 Å². The Hall–Kier alpha value is -2.63. The average molecular weight is 312 g/mol. The summed E-state index contributed by atoms with van der Waals surface area (Å²) >= 11 is 0. The molecule has 6 heteroatoms. The molecule has 22 heavy (non-hydrogen) atoms. The molecule has 0 rings (SSSR count). The lowest BCUT2D eigenvalue weighted by molar-refractivity contribution is -0.137. The molecule has 0 N–H and O–H groups in total. The second-order valence-corrected chi connectivity index (χ2v) is 3.67. The summed E-state index contributed by atoms with van der Waals surface area (Å²) in [4.78, 5) is 30.6. The summed E-state index contributed by atoms with van der Waals surface area (Å²) in [7, 11) is 2.66. The van der Waals surface area contributed by atoms with Gasteiger partial charge in [-0.25, -0.2) is 14.4 Å². The molecule has 0 saturated heterocycles. The van der Waals surface area contributed by atoms with E-state index in [4.69, 9.17) is 0 Å². The Bertz CT molecular complexity index is 394. The average Bonchev–Trinajstić information content (AvgIpc) is 2.51. The molecule has 6 nitrogen and oxygen atoms in total. The maximum Gasteiger partial charge on any atom is 0.332 e. The minimum Gasteiger partial charge on any atom is -0.466 e. The molecule has 0 unspecified atom stereocenters. The molecule has 124 valence electrons. The summed E-state index contributed by atoms with van der Waals surface area (Å²) in [6.07, 6.45) is 2.62. The van der Waals surface area contributed by atoms with E-state index in [2.05, 4.69) is 40.5 Å². The van der Waals surface area contributed by atoms with Crippen LogP contribution in [0.2, 0.25) is 0 Å². The van der Waals surface area contributed by atoms with Crippen LogP contribution in [0.3, 0.4) is 0 Å². The predicted octanol–water partition coefficient (Wildman–Crippen LogP) is 2.37.